The molecule has 0 spiro atoms. The van der Waals surface area contributed by atoms with Gasteiger partial charge in [0.2, 0.25) is 0 Å². The standard InChI is InChI=1S/C19H27NS/c1-5-10-20-18(19-15(4)9-11-21-19)17-8-6-7-16(13-17)12-14(2)3/h6-9,11,13-14,18,20H,5,10,12H2,1-4H3. The molecular weight excluding hydrogens is 274 g/mol. The summed E-state index contributed by atoms with van der Waals surface area (Å²) < 4.78 is 0. The van der Waals surface area contributed by atoms with E-state index in [1.807, 2.05) is 11.3 Å². The predicted molar refractivity (Wildman–Crippen MR) is 94.2 cm³/mol. The zero-order valence-electron chi connectivity index (χ0n) is 13.6. The fourth-order valence-electron chi connectivity index (χ4n) is 2.70. The summed E-state index contributed by atoms with van der Waals surface area (Å²) in [5.41, 5.74) is 4.23. The second-order valence-electron chi connectivity index (χ2n) is 6.20. The van der Waals surface area contributed by atoms with Gasteiger partial charge in [-0.3, -0.25) is 0 Å². The van der Waals surface area contributed by atoms with Gasteiger partial charge in [-0.2, -0.15) is 0 Å². The van der Waals surface area contributed by atoms with Crippen LogP contribution < -0.4 is 5.32 Å². The average Bonchev–Trinajstić information content (AvgIpc) is 2.85. The Morgan fingerprint density at radius 2 is 2.00 bits per heavy atom. The molecule has 21 heavy (non-hydrogen) atoms. The number of thiophene rings is 1. The van der Waals surface area contributed by atoms with Crippen molar-refractivity contribution in [1.29, 1.82) is 0 Å². The SMILES string of the molecule is CCCNC(c1cccc(CC(C)C)c1)c1sccc1C. The van der Waals surface area contributed by atoms with Crippen LogP contribution in [0.5, 0.6) is 0 Å². The minimum absolute atomic E-state index is 0.331. The van der Waals surface area contributed by atoms with Gasteiger partial charge in [0.15, 0.2) is 0 Å². The molecule has 2 aromatic rings. The van der Waals surface area contributed by atoms with Gasteiger partial charge in [0.1, 0.15) is 0 Å². The highest BCUT2D eigenvalue weighted by Crippen LogP contribution is 2.30. The molecule has 1 nitrogen and oxygen atoms in total. The highest BCUT2D eigenvalue weighted by Gasteiger charge is 2.17. The van der Waals surface area contributed by atoms with Crippen LogP contribution in [-0.2, 0) is 6.42 Å². The molecule has 0 aliphatic carbocycles. The lowest BCUT2D eigenvalue weighted by Crippen LogP contribution is -2.23. The fourth-order valence-corrected chi connectivity index (χ4v) is 3.73. The van der Waals surface area contributed by atoms with Crippen molar-refractivity contribution in [1.82, 2.24) is 5.32 Å². The van der Waals surface area contributed by atoms with Crippen molar-refractivity contribution in [2.24, 2.45) is 5.92 Å². The van der Waals surface area contributed by atoms with Gasteiger partial charge < -0.3 is 5.32 Å². The van der Waals surface area contributed by atoms with Gasteiger partial charge in [0.05, 0.1) is 6.04 Å². The van der Waals surface area contributed by atoms with Crippen molar-refractivity contribution in [3.63, 3.8) is 0 Å². The molecule has 0 fully saturated rings. The van der Waals surface area contributed by atoms with Crippen LogP contribution in [0.1, 0.15) is 54.8 Å². The van der Waals surface area contributed by atoms with E-state index in [2.05, 4.69) is 68.7 Å². The number of nitrogens with one attached hydrogen (secondary N) is 1. The Labute approximate surface area is 133 Å². The number of hydrogen-bond donors (Lipinski definition) is 1. The lowest BCUT2D eigenvalue weighted by Gasteiger charge is -2.20. The largest absolute Gasteiger partial charge is 0.306 e. The molecule has 0 saturated heterocycles. The molecule has 1 aromatic heterocycles. The Bertz CT molecular complexity index is 556. The first-order valence-corrected chi connectivity index (χ1v) is 8.86. The molecular formula is C19H27NS. The Balaban J connectivity index is 2.30. The summed E-state index contributed by atoms with van der Waals surface area (Å²) in [6.07, 6.45) is 2.31. The number of benzene rings is 1. The maximum atomic E-state index is 3.72. The molecule has 114 valence electrons. The maximum absolute atomic E-state index is 3.72. The molecule has 1 unspecified atom stereocenters. The van der Waals surface area contributed by atoms with Crippen molar-refractivity contribution >= 4 is 11.3 Å². The molecule has 0 aliphatic heterocycles. The quantitative estimate of drug-likeness (QED) is 0.727. The molecule has 2 heteroatoms. The fraction of sp³-hybridized carbons (Fsp3) is 0.474. The summed E-state index contributed by atoms with van der Waals surface area (Å²) in [6.45, 7) is 10.0. The van der Waals surface area contributed by atoms with Crippen molar-refractivity contribution in [2.45, 2.75) is 46.6 Å². The highest BCUT2D eigenvalue weighted by molar-refractivity contribution is 7.10. The molecule has 1 aromatic carbocycles. The van der Waals surface area contributed by atoms with E-state index in [9.17, 15) is 0 Å². The van der Waals surface area contributed by atoms with Crippen molar-refractivity contribution in [3.8, 4) is 0 Å². The van der Waals surface area contributed by atoms with Crippen molar-refractivity contribution < 1.29 is 0 Å². The average molecular weight is 301 g/mol. The normalized spacial score (nSPS) is 12.8. The Morgan fingerprint density at radius 1 is 1.19 bits per heavy atom. The third-order valence-electron chi connectivity index (χ3n) is 3.69. The molecule has 0 radical (unpaired) electrons. The van der Waals surface area contributed by atoms with E-state index in [1.165, 1.54) is 21.6 Å². The van der Waals surface area contributed by atoms with Crippen LogP contribution in [0.2, 0.25) is 0 Å². The zero-order valence-corrected chi connectivity index (χ0v) is 14.5. The van der Waals surface area contributed by atoms with E-state index >= 15 is 0 Å². The minimum Gasteiger partial charge on any atom is -0.306 e. The molecule has 1 atom stereocenters. The second-order valence-corrected chi connectivity index (χ2v) is 7.15. The summed E-state index contributed by atoms with van der Waals surface area (Å²) in [7, 11) is 0. The van der Waals surface area contributed by atoms with Crippen LogP contribution in [0, 0.1) is 12.8 Å². The summed E-state index contributed by atoms with van der Waals surface area (Å²) >= 11 is 1.86. The molecule has 0 amide bonds. The van der Waals surface area contributed by atoms with Gasteiger partial charge in [-0.05, 0) is 60.4 Å². The summed E-state index contributed by atoms with van der Waals surface area (Å²) in [4.78, 5) is 1.45. The molecule has 2 rings (SSSR count). The van der Waals surface area contributed by atoms with Gasteiger partial charge in [-0.1, -0.05) is 45.0 Å². The summed E-state index contributed by atoms with van der Waals surface area (Å²) in [6, 6.07) is 11.6. The third-order valence-corrected chi connectivity index (χ3v) is 4.77. The van der Waals surface area contributed by atoms with Crippen LogP contribution in [0.4, 0.5) is 0 Å². The first kappa shape index (κ1) is 16.3. The Kier molecular flexibility index (Phi) is 6.01. The highest BCUT2D eigenvalue weighted by atomic mass is 32.1. The van der Waals surface area contributed by atoms with E-state index < -0.39 is 0 Å². The van der Waals surface area contributed by atoms with Crippen LogP contribution in [0.25, 0.3) is 0 Å². The van der Waals surface area contributed by atoms with Gasteiger partial charge in [0.25, 0.3) is 0 Å². The smallest absolute Gasteiger partial charge is 0.0673 e. The Morgan fingerprint density at radius 3 is 2.62 bits per heavy atom. The van der Waals surface area contributed by atoms with Crippen LogP contribution >= 0.6 is 11.3 Å². The second kappa shape index (κ2) is 7.77. The first-order chi connectivity index (χ1) is 10.1. The lowest BCUT2D eigenvalue weighted by molar-refractivity contribution is 0.601. The van der Waals surface area contributed by atoms with Crippen LogP contribution in [0.3, 0.4) is 0 Å². The lowest BCUT2D eigenvalue weighted by atomic mass is 9.96. The predicted octanol–water partition coefficient (Wildman–Crippen LogP) is 5.34. The molecule has 0 aliphatic rings. The number of rotatable bonds is 7. The molecule has 1 heterocycles. The van der Waals surface area contributed by atoms with Gasteiger partial charge in [-0.25, -0.2) is 0 Å². The van der Waals surface area contributed by atoms with E-state index in [4.69, 9.17) is 0 Å². The third kappa shape index (κ3) is 4.42. The van der Waals surface area contributed by atoms with Gasteiger partial charge in [-0.15, -0.1) is 11.3 Å². The molecule has 0 bridgehead atoms. The van der Waals surface area contributed by atoms with Crippen LogP contribution in [-0.4, -0.2) is 6.54 Å². The van der Waals surface area contributed by atoms with E-state index in [-0.39, 0.29) is 0 Å². The number of aryl methyl sites for hydroxylation is 1. The monoisotopic (exact) mass is 301 g/mol. The van der Waals surface area contributed by atoms with Gasteiger partial charge in [0, 0.05) is 4.88 Å². The minimum atomic E-state index is 0.331. The summed E-state index contributed by atoms with van der Waals surface area (Å²) in [5.74, 6) is 0.700. The molecule has 1 N–H and O–H groups in total. The number of hydrogen-bond acceptors (Lipinski definition) is 2. The van der Waals surface area contributed by atoms with Crippen LogP contribution in [0.15, 0.2) is 35.7 Å². The van der Waals surface area contributed by atoms with Crippen molar-refractivity contribution in [3.05, 3.63) is 57.3 Å². The van der Waals surface area contributed by atoms with E-state index in [1.54, 1.807) is 0 Å². The maximum Gasteiger partial charge on any atom is 0.0673 e. The first-order valence-electron chi connectivity index (χ1n) is 7.98. The van der Waals surface area contributed by atoms with E-state index in [0.717, 1.165) is 19.4 Å². The zero-order chi connectivity index (χ0) is 15.2. The topological polar surface area (TPSA) is 12.0 Å². The summed E-state index contributed by atoms with van der Waals surface area (Å²) in [5, 5.41) is 5.92. The van der Waals surface area contributed by atoms with E-state index in [0.29, 0.717) is 12.0 Å². The van der Waals surface area contributed by atoms with Gasteiger partial charge >= 0.3 is 0 Å². The Hall–Kier alpha value is -1.12. The van der Waals surface area contributed by atoms with Crippen molar-refractivity contribution in [2.75, 3.05) is 6.54 Å². The molecule has 0 saturated carbocycles.